The van der Waals surface area contributed by atoms with Crippen molar-refractivity contribution in [3.05, 3.63) is 89.0 Å². The van der Waals surface area contributed by atoms with Gasteiger partial charge in [0.25, 0.3) is 0 Å². The summed E-state index contributed by atoms with van der Waals surface area (Å²) in [5, 5.41) is 0. The zero-order valence-corrected chi connectivity index (χ0v) is 19.2. The fourth-order valence-electron chi connectivity index (χ4n) is 3.80. The van der Waals surface area contributed by atoms with Gasteiger partial charge in [-0.05, 0) is 51.8 Å². The molecule has 1 aliphatic heterocycles. The predicted molar refractivity (Wildman–Crippen MR) is 122 cm³/mol. The standard InChI is InChI=1S/C25H29NO4S/c1-5-30-25(27)22-15-16-23(20-9-7-6-8-10-20)26(24(22)17-18(2)3)31(28,29)21-13-11-19(4)12-14-21/h6-15,17,23-24H,5,16H2,1-4H3/t23-,24-/m0/s1. The Labute approximate surface area is 185 Å². The lowest BCUT2D eigenvalue weighted by Crippen LogP contribution is -2.46. The van der Waals surface area contributed by atoms with Gasteiger partial charge in [0.2, 0.25) is 10.0 Å². The van der Waals surface area contributed by atoms with Crippen molar-refractivity contribution in [3.8, 4) is 0 Å². The predicted octanol–water partition coefficient (Wildman–Crippen LogP) is 4.96. The van der Waals surface area contributed by atoms with Crippen LogP contribution >= 0.6 is 0 Å². The van der Waals surface area contributed by atoms with Gasteiger partial charge in [0.15, 0.2) is 0 Å². The monoisotopic (exact) mass is 439 g/mol. The third-order valence-electron chi connectivity index (χ3n) is 5.24. The highest BCUT2D eigenvalue weighted by Gasteiger charge is 2.43. The Morgan fingerprint density at radius 2 is 1.74 bits per heavy atom. The Morgan fingerprint density at radius 1 is 1.10 bits per heavy atom. The summed E-state index contributed by atoms with van der Waals surface area (Å²) in [6.45, 7) is 7.67. The number of aryl methyl sites for hydroxylation is 1. The Bertz CT molecular complexity index is 1080. The number of sulfonamides is 1. The molecule has 5 nitrogen and oxygen atoms in total. The van der Waals surface area contributed by atoms with Gasteiger partial charge >= 0.3 is 5.97 Å². The summed E-state index contributed by atoms with van der Waals surface area (Å²) in [6, 6.07) is 15.1. The molecule has 31 heavy (non-hydrogen) atoms. The van der Waals surface area contributed by atoms with Gasteiger partial charge in [0, 0.05) is 0 Å². The van der Waals surface area contributed by atoms with Crippen molar-refractivity contribution in [1.29, 1.82) is 0 Å². The fraction of sp³-hybridized carbons (Fsp3) is 0.320. The third kappa shape index (κ3) is 4.97. The van der Waals surface area contributed by atoms with Crippen LogP contribution in [0.2, 0.25) is 0 Å². The molecule has 0 spiro atoms. The molecule has 0 saturated heterocycles. The van der Waals surface area contributed by atoms with Crippen molar-refractivity contribution < 1.29 is 17.9 Å². The lowest BCUT2D eigenvalue weighted by atomic mass is 9.92. The molecule has 0 amide bonds. The molecule has 0 bridgehead atoms. The first-order valence-electron chi connectivity index (χ1n) is 10.4. The summed E-state index contributed by atoms with van der Waals surface area (Å²) < 4.78 is 34.6. The number of carbonyl (C=O) groups is 1. The maximum absolute atomic E-state index is 13.9. The molecule has 1 heterocycles. The summed E-state index contributed by atoms with van der Waals surface area (Å²) in [5.41, 5.74) is 3.12. The molecule has 0 aromatic heterocycles. The number of benzene rings is 2. The lowest BCUT2D eigenvalue weighted by Gasteiger charge is -2.39. The van der Waals surface area contributed by atoms with E-state index in [0.29, 0.717) is 12.0 Å². The molecule has 2 aromatic carbocycles. The zero-order valence-electron chi connectivity index (χ0n) is 18.4. The van der Waals surface area contributed by atoms with Gasteiger partial charge in [-0.1, -0.05) is 65.8 Å². The highest BCUT2D eigenvalue weighted by Crippen LogP contribution is 2.39. The Kier molecular flexibility index (Phi) is 7.13. The maximum atomic E-state index is 13.9. The molecule has 3 rings (SSSR count). The van der Waals surface area contributed by atoms with Crippen LogP contribution in [-0.2, 0) is 19.6 Å². The van der Waals surface area contributed by atoms with Crippen LogP contribution in [0.15, 0.2) is 82.8 Å². The molecular formula is C25H29NO4S. The second-order valence-corrected chi connectivity index (χ2v) is 9.72. The smallest absolute Gasteiger partial charge is 0.335 e. The first-order valence-corrected chi connectivity index (χ1v) is 11.9. The van der Waals surface area contributed by atoms with Gasteiger partial charge in [-0.25, -0.2) is 13.2 Å². The average Bonchev–Trinajstić information content (AvgIpc) is 2.74. The summed E-state index contributed by atoms with van der Waals surface area (Å²) in [5.74, 6) is -0.486. The normalized spacial score (nSPS) is 19.4. The van der Waals surface area contributed by atoms with E-state index in [9.17, 15) is 13.2 Å². The van der Waals surface area contributed by atoms with Gasteiger partial charge in [0.1, 0.15) is 0 Å². The van der Waals surface area contributed by atoms with E-state index in [1.54, 1.807) is 31.2 Å². The minimum absolute atomic E-state index is 0.205. The third-order valence-corrected chi connectivity index (χ3v) is 7.15. The van der Waals surface area contributed by atoms with E-state index < -0.39 is 28.1 Å². The summed E-state index contributed by atoms with van der Waals surface area (Å²) in [6.07, 6.45) is 4.03. The van der Waals surface area contributed by atoms with Crippen LogP contribution in [0.3, 0.4) is 0 Å². The van der Waals surface area contributed by atoms with E-state index in [0.717, 1.165) is 16.7 Å². The molecule has 0 aliphatic carbocycles. The van der Waals surface area contributed by atoms with Crippen LogP contribution in [0.25, 0.3) is 0 Å². The van der Waals surface area contributed by atoms with E-state index in [1.165, 1.54) is 4.31 Å². The number of ether oxygens (including phenoxy) is 1. The average molecular weight is 440 g/mol. The molecule has 0 fully saturated rings. The zero-order chi connectivity index (χ0) is 22.6. The first-order chi connectivity index (χ1) is 14.8. The van der Waals surface area contributed by atoms with Crippen LogP contribution < -0.4 is 0 Å². The first kappa shape index (κ1) is 23.0. The molecule has 164 valence electrons. The maximum Gasteiger partial charge on any atom is 0.335 e. The number of hydrogen-bond donors (Lipinski definition) is 0. The van der Waals surface area contributed by atoms with Gasteiger partial charge in [-0.15, -0.1) is 0 Å². The van der Waals surface area contributed by atoms with Crippen LogP contribution in [0.1, 0.15) is 44.4 Å². The fourth-order valence-corrected chi connectivity index (χ4v) is 5.54. The van der Waals surface area contributed by atoms with Crippen molar-refractivity contribution >= 4 is 16.0 Å². The molecule has 0 N–H and O–H groups in total. The number of carbonyl (C=O) groups excluding carboxylic acids is 1. The van der Waals surface area contributed by atoms with E-state index in [4.69, 9.17) is 4.74 Å². The summed E-state index contributed by atoms with van der Waals surface area (Å²) in [7, 11) is -3.91. The van der Waals surface area contributed by atoms with Gasteiger partial charge < -0.3 is 4.74 Å². The van der Waals surface area contributed by atoms with Gasteiger partial charge in [-0.2, -0.15) is 4.31 Å². The Morgan fingerprint density at radius 3 is 2.32 bits per heavy atom. The Hall–Kier alpha value is -2.70. The largest absolute Gasteiger partial charge is 0.463 e. The van der Waals surface area contributed by atoms with Crippen LogP contribution in [0.5, 0.6) is 0 Å². The van der Waals surface area contributed by atoms with Crippen molar-refractivity contribution in [2.45, 2.75) is 51.1 Å². The van der Waals surface area contributed by atoms with Gasteiger partial charge in [0.05, 0.1) is 29.2 Å². The minimum Gasteiger partial charge on any atom is -0.463 e. The second kappa shape index (κ2) is 9.62. The highest BCUT2D eigenvalue weighted by atomic mass is 32.2. The van der Waals surface area contributed by atoms with Crippen LogP contribution in [0.4, 0.5) is 0 Å². The molecule has 2 atom stereocenters. The number of hydrogen-bond acceptors (Lipinski definition) is 4. The molecule has 0 radical (unpaired) electrons. The van der Waals surface area contributed by atoms with Crippen LogP contribution in [-0.4, -0.2) is 31.3 Å². The van der Waals surface area contributed by atoms with E-state index in [1.807, 2.05) is 63.3 Å². The molecule has 2 aromatic rings. The quantitative estimate of drug-likeness (QED) is 0.472. The number of allylic oxidation sites excluding steroid dienone is 1. The lowest BCUT2D eigenvalue weighted by molar-refractivity contribution is -0.139. The van der Waals surface area contributed by atoms with E-state index in [-0.39, 0.29) is 11.5 Å². The van der Waals surface area contributed by atoms with Crippen molar-refractivity contribution in [2.75, 3.05) is 6.61 Å². The molecular weight excluding hydrogens is 410 g/mol. The van der Waals surface area contributed by atoms with E-state index >= 15 is 0 Å². The number of esters is 1. The van der Waals surface area contributed by atoms with Crippen molar-refractivity contribution in [2.24, 2.45) is 0 Å². The van der Waals surface area contributed by atoms with Crippen LogP contribution in [0, 0.1) is 6.92 Å². The van der Waals surface area contributed by atoms with Crippen molar-refractivity contribution in [1.82, 2.24) is 4.31 Å². The Balaban J connectivity index is 2.22. The number of nitrogens with zero attached hydrogens (tertiary/aromatic N) is 1. The number of rotatable bonds is 6. The molecule has 0 unspecified atom stereocenters. The summed E-state index contributed by atoms with van der Waals surface area (Å²) in [4.78, 5) is 13.0. The highest BCUT2D eigenvalue weighted by molar-refractivity contribution is 7.89. The summed E-state index contributed by atoms with van der Waals surface area (Å²) >= 11 is 0. The molecule has 6 heteroatoms. The topological polar surface area (TPSA) is 63.7 Å². The van der Waals surface area contributed by atoms with Crippen molar-refractivity contribution in [3.63, 3.8) is 0 Å². The second-order valence-electron chi connectivity index (χ2n) is 7.88. The van der Waals surface area contributed by atoms with E-state index in [2.05, 4.69) is 0 Å². The van der Waals surface area contributed by atoms with Gasteiger partial charge in [-0.3, -0.25) is 0 Å². The SMILES string of the molecule is CCOC(=O)C1=CC[C@@H](c2ccccc2)N(S(=O)(=O)c2ccc(C)cc2)[C@H]1C=C(C)C. The minimum atomic E-state index is -3.91. The molecule has 0 saturated carbocycles. The molecule has 1 aliphatic rings.